The maximum Gasteiger partial charge on any atom is 0.192 e. The molecule has 0 radical (unpaired) electrons. The number of thiazole rings is 1. The second-order valence-electron chi connectivity index (χ2n) is 11.3. The molecule has 8 rings (SSSR count). The fourth-order valence-electron chi connectivity index (χ4n) is 4.94. The zero-order chi connectivity index (χ0) is 31.4. The highest BCUT2D eigenvalue weighted by Gasteiger charge is 2.01. The van der Waals surface area contributed by atoms with Crippen molar-refractivity contribution in [2.75, 3.05) is 0 Å². The van der Waals surface area contributed by atoms with E-state index in [-0.39, 0.29) is 0 Å². The van der Waals surface area contributed by atoms with E-state index >= 15 is 0 Å². The molecule has 0 aliphatic heterocycles. The van der Waals surface area contributed by atoms with Crippen LogP contribution in [-0.4, -0.2) is 24.9 Å². The van der Waals surface area contributed by atoms with Crippen LogP contribution in [0.4, 0.5) is 0 Å². The Bertz CT molecular complexity index is 1870. The highest BCUT2D eigenvalue weighted by atomic mass is 32.1. The molecule has 0 unspecified atom stereocenters. The van der Waals surface area contributed by atoms with E-state index in [9.17, 15) is 0 Å². The molecular weight excluding hydrogens is 563 g/mol. The van der Waals surface area contributed by atoms with E-state index in [0.717, 1.165) is 44.4 Å². The SMILES string of the molecule is Cc1ccc2cc(C)[nH]c2c1.Cc1ccc2nc(C)[nH]c2c1.Cc1ccc2oc(C)nc2c1.Cc1ccc2sc(C)nc2c1. The van der Waals surface area contributed by atoms with Gasteiger partial charge in [0.05, 0.1) is 26.3 Å². The molecule has 44 heavy (non-hydrogen) atoms. The topological polar surface area (TPSA) is 83.4 Å². The minimum absolute atomic E-state index is 0.727. The van der Waals surface area contributed by atoms with Gasteiger partial charge in [-0.05, 0) is 125 Å². The van der Waals surface area contributed by atoms with Crippen LogP contribution in [0.5, 0.6) is 0 Å². The predicted octanol–water partition coefficient (Wildman–Crippen LogP) is 10.3. The lowest BCUT2D eigenvalue weighted by Gasteiger charge is -1.90. The molecule has 224 valence electrons. The summed E-state index contributed by atoms with van der Waals surface area (Å²) in [6, 6.07) is 27.2. The summed E-state index contributed by atoms with van der Waals surface area (Å²) in [6.07, 6.45) is 0. The van der Waals surface area contributed by atoms with Crippen molar-refractivity contribution in [2.45, 2.75) is 55.4 Å². The number of rotatable bonds is 0. The predicted molar refractivity (Wildman–Crippen MR) is 186 cm³/mol. The van der Waals surface area contributed by atoms with Crippen LogP contribution in [0.2, 0.25) is 0 Å². The molecule has 6 nitrogen and oxygen atoms in total. The molecule has 8 aromatic rings. The molecule has 2 N–H and O–H groups in total. The van der Waals surface area contributed by atoms with Crippen LogP contribution in [0, 0.1) is 55.4 Å². The summed E-state index contributed by atoms with van der Waals surface area (Å²) in [5, 5.41) is 2.44. The minimum atomic E-state index is 0.727. The Balaban J connectivity index is 0.000000116. The lowest BCUT2D eigenvalue weighted by molar-refractivity contribution is 0.561. The van der Waals surface area contributed by atoms with Gasteiger partial charge in [-0.15, -0.1) is 11.3 Å². The maximum atomic E-state index is 5.31. The largest absolute Gasteiger partial charge is 0.441 e. The maximum absolute atomic E-state index is 5.31. The third-order valence-corrected chi connectivity index (χ3v) is 7.92. The van der Waals surface area contributed by atoms with E-state index in [1.807, 2.05) is 52.0 Å². The van der Waals surface area contributed by atoms with Gasteiger partial charge in [0.25, 0.3) is 0 Å². The standard InChI is InChI=1S/C10H11N.C9H10N2.C9H9NO.C9H9NS/c1-7-3-4-9-6-8(2)11-10(9)5-7;1-6-3-4-8-9(5-6)11-7(2)10-8;2*1-6-3-4-9-8(5-6)10-7(2)11-9/h3-6,11H,1-2H3;3-5H,1-2H3,(H,10,11);2*3-5H,1-2H3. The van der Waals surface area contributed by atoms with Gasteiger partial charge in [-0.3, -0.25) is 0 Å². The van der Waals surface area contributed by atoms with Crippen molar-refractivity contribution in [1.29, 1.82) is 0 Å². The van der Waals surface area contributed by atoms with Crippen molar-refractivity contribution < 1.29 is 4.42 Å². The van der Waals surface area contributed by atoms with Gasteiger partial charge in [-0.25, -0.2) is 15.0 Å². The van der Waals surface area contributed by atoms with Gasteiger partial charge in [-0.2, -0.15) is 0 Å². The number of imidazole rings is 1. The van der Waals surface area contributed by atoms with Crippen LogP contribution >= 0.6 is 11.3 Å². The molecule has 0 atom stereocenters. The van der Waals surface area contributed by atoms with Crippen LogP contribution < -0.4 is 0 Å². The molecule has 0 aliphatic carbocycles. The summed E-state index contributed by atoms with van der Waals surface area (Å²) in [5.74, 6) is 1.70. The second kappa shape index (κ2) is 13.3. The first-order chi connectivity index (χ1) is 21.0. The van der Waals surface area contributed by atoms with E-state index in [4.69, 9.17) is 4.42 Å². The van der Waals surface area contributed by atoms with Crippen LogP contribution in [0.3, 0.4) is 0 Å². The lowest BCUT2D eigenvalue weighted by atomic mass is 10.2. The van der Waals surface area contributed by atoms with E-state index in [1.165, 1.54) is 43.6 Å². The molecule has 0 spiro atoms. The number of aromatic amines is 2. The number of aryl methyl sites for hydroxylation is 8. The molecule has 7 heteroatoms. The van der Waals surface area contributed by atoms with Gasteiger partial charge in [0, 0.05) is 18.1 Å². The number of benzene rings is 4. The second-order valence-corrected chi connectivity index (χ2v) is 12.5. The summed E-state index contributed by atoms with van der Waals surface area (Å²) in [5.41, 5.74) is 12.7. The first kappa shape index (κ1) is 30.7. The minimum Gasteiger partial charge on any atom is -0.441 e. The highest BCUT2D eigenvalue weighted by Crippen LogP contribution is 2.22. The average molecular weight is 602 g/mol. The van der Waals surface area contributed by atoms with Crippen LogP contribution in [0.1, 0.15) is 44.7 Å². The molecule has 0 bridgehead atoms. The van der Waals surface area contributed by atoms with Crippen LogP contribution in [0.15, 0.2) is 83.3 Å². The monoisotopic (exact) mass is 601 g/mol. The van der Waals surface area contributed by atoms with E-state index in [1.54, 1.807) is 11.3 Å². The van der Waals surface area contributed by atoms with Gasteiger partial charge < -0.3 is 14.4 Å². The molecule has 0 saturated carbocycles. The first-order valence-corrected chi connectivity index (χ1v) is 15.5. The number of nitrogens with zero attached hydrogens (tertiary/aromatic N) is 3. The Hall–Kier alpha value is -4.75. The van der Waals surface area contributed by atoms with Crippen molar-refractivity contribution in [3.05, 3.63) is 124 Å². The summed E-state index contributed by atoms with van der Waals surface area (Å²) in [6.45, 7) is 16.3. The Morgan fingerprint density at radius 3 is 1.95 bits per heavy atom. The first-order valence-electron chi connectivity index (χ1n) is 14.7. The Morgan fingerprint density at radius 2 is 1.18 bits per heavy atom. The molecule has 0 fully saturated rings. The number of hydrogen-bond acceptors (Lipinski definition) is 5. The van der Waals surface area contributed by atoms with Gasteiger partial charge in [0.15, 0.2) is 11.5 Å². The Kier molecular flexibility index (Phi) is 9.26. The number of hydrogen-bond donors (Lipinski definition) is 2. The summed E-state index contributed by atoms with van der Waals surface area (Å²) >= 11 is 1.75. The van der Waals surface area contributed by atoms with Crippen LogP contribution in [-0.2, 0) is 0 Å². The number of nitrogens with one attached hydrogen (secondary N) is 2. The molecule has 4 aromatic heterocycles. The quantitative estimate of drug-likeness (QED) is 0.181. The Morgan fingerprint density at radius 1 is 0.545 bits per heavy atom. The van der Waals surface area contributed by atoms with Gasteiger partial charge >= 0.3 is 0 Å². The highest BCUT2D eigenvalue weighted by molar-refractivity contribution is 7.18. The van der Waals surface area contributed by atoms with Gasteiger partial charge in [0.2, 0.25) is 0 Å². The van der Waals surface area contributed by atoms with Crippen molar-refractivity contribution in [1.82, 2.24) is 24.9 Å². The number of aromatic nitrogens is 5. The van der Waals surface area contributed by atoms with Crippen molar-refractivity contribution >= 4 is 54.6 Å². The molecule has 0 aliphatic rings. The number of oxazole rings is 1. The molecule has 4 aromatic carbocycles. The summed E-state index contributed by atoms with van der Waals surface area (Å²) in [7, 11) is 0. The number of fused-ring (bicyclic) bond motifs is 4. The third kappa shape index (κ3) is 7.79. The van der Waals surface area contributed by atoms with Crippen molar-refractivity contribution in [3.63, 3.8) is 0 Å². The molecule has 4 heterocycles. The molecule has 0 saturated heterocycles. The van der Waals surface area contributed by atoms with E-state index in [0.29, 0.717) is 0 Å². The normalized spacial score (nSPS) is 10.7. The summed E-state index contributed by atoms with van der Waals surface area (Å²) in [4.78, 5) is 19.4. The van der Waals surface area contributed by atoms with Crippen molar-refractivity contribution in [2.24, 2.45) is 0 Å². The van der Waals surface area contributed by atoms with Gasteiger partial charge in [0.1, 0.15) is 11.3 Å². The fourth-order valence-corrected chi connectivity index (χ4v) is 5.75. The molecule has 0 amide bonds. The van der Waals surface area contributed by atoms with E-state index < -0.39 is 0 Å². The van der Waals surface area contributed by atoms with Gasteiger partial charge in [-0.1, -0.05) is 30.3 Å². The number of H-pyrrole nitrogens is 2. The smallest absolute Gasteiger partial charge is 0.192 e. The average Bonchev–Trinajstić information content (AvgIpc) is 3.71. The van der Waals surface area contributed by atoms with Crippen molar-refractivity contribution in [3.8, 4) is 0 Å². The molecular formula is C37H39N5OS. The Labute approximate surface area is 262 Å². The zero-order valence-electron chi connectivity index (χ0n) is 26.7. The third-order valence-electron chi connectivity index (χ3n) is 6.97. The lowest BCUT2D eigenvalue weighted by Crippen LogP contribution is -1.71. The van der Waals surface area contributed by atoms with Crippen LogP contribution in [0.25, 0.3) is 43.3 Å². The zero-order valence-corrected chi connectivity index (χ0v) is 27.5. The fraction of sp³-hybridized carbons (Fsp3) is 0.216. The summed E-state index contributed by atoms with van der Waals surface area (Å²) < 4.78 is 6.60. The van der Waals surface area contributed by atoms with E-state index in [2.05, 4.69) is 107 Å².